The minimum absolute atomic E-state index is 0.208. The predicted octanol–water partition coefficient (Wildman–Crippen LogP) is 3.13. The molecule has 0 spiro atoms. The van der Waals surface area contributed by atoms with Crippen molar-refractivity contribution >= 4 is 5.91 Å². The summed E-state index contributed by atoms with van der Waals surface area (Å²) in [5.41, 5.74) is -1.36. The van der Waals surface area contributed by atoms with Gasteiger partial charge in [-0.2, -0.15) is 0 Å². The van der Waals surface area contributed by atoms with Crippen LogP contribution in [-0.4, -0.2) is 35.1 Å². The zero-order valence-corrected chi connectivity index (χ0v) is 12.5. The van der Waals surface area contributed by atoms with Gasteiger partial charge in [-0.15, -0.1) is 0 Å². The molecular formula is C15H18F3NO2. The summed E-state index contributed by atoms with van der Waals surface area (Å²) < 4.78 is 45.3. The number of carbonyl (C=O) groups excluding carboxylic acids is 1. The van der Waals surface area contributed by atoms with Gasteiger partial charge in [0.05, 0.1) is 11.2 Å². The Bertz CT molecular complexity index is 545. The van der Waals surface area contributed by atoms with E-state index in [2.05, 4.69) is 0 Å². The Balaban J connectivity index is 2.31. The van der Waals surface area contributed by atoms with Crippen LogP contribution in [0.3, 0.4) is 0 Å². The number of benzene rings is 1. The Morgan fingerprint density at radius 1 is 1.05 bits per heavy atom. The molecule has 2 rings (SSSR count). The maximum Gasteiger partial charge on any atom is 0.254 e. The first kappa shape index (κ1) is 15.8. The van der Waals surface area contributed by atoms with Gasteiger partial charge in [-0.1, -0.05) is 0 Å². The molecule has 1 fully saturated rings. The van der Waals surface area contributed by atoms with Crippen LogP contribution in [0.25, 0.3) is 0 Å². The van der Waals surface area contributed by atoms with Crippen molar-refractivity contribution in [2.45, 2.75) is 38.9 Å². The molecule has 1 amide bonds. The van der Waals surface area contributed by atoms with Gasteiger partial charge in [0.1, 0.15) is 0 Å². The number of ether oxygens (including phenoxy) is 1. The number of hydrogen-bond donors (Lipinski definition) is 0. The first-order valence-corrected chi connectivity index (χ1v) is 6.65. The van der Waals surface area contributed by atoms with Crippen molar-refractivity contribution in [1.82, 2.24) is 4.90 Å². The molecule has 1 saturated heterocycles. The van der Waals surface area contributed by atoms with Crippen LogP contribution in [0.4, 0.5) is 13.2 Å². The topological polar surface area (TPSA) is 29.5 Å². The third kappa shape index (κ3) is 3.37. The fourth-order valence-electron chi connectivity index (χ4n) is 2.79. The Morgan fingerprint density at radius 3 is 1.90 bits per heavy atom. The van der Waals surface area contributed by atoms with Gasteiger partial charge in [0.15, 0.2) is 17.5 Å². The zero-order valence-electron chi connectivity index (χ0n) is 12.5. The smallest absolute Gasteiger partial charge is 0.254 e. The van der Waals surface area contributed by atoms with Gasteiger partial charge in [-0.25, -0.2) is 13.2 Å². The number of halogens is 3. The van der Waals surface area contributed by atoms with E-state index in [4.69, 9.17) is 4.74 Å². The molecule has 0 radical (unpaired) electrons. The number of rotatable bonds is 1. The van der Waals surface area contributed by atoms with Crippen molar-refractivity contribution in [3.8, 4) is 0 Å². The van der Waals surface area contributed by atoms with Gasteiger partial charge in [-0.05, 0) is 39.8 Å². The van der Waals surface area contributed by atoms with Crippen LogP contribution < -0.4 is 0 Å². The van der Waals surface area contributed by atoms with E-state index < -0.39 is 34.6 Å². The Kier molecular flexibility index (Phi) is 3.78. The third-order valence-corrected chi connectivity index (χ3v) is 3.21. The Labute approximate surface area is 121 Å². The van der Waals surface area contributed by atoms with Crippen LogP contribution in [-0.2, 0) is 4.74 Å². The summed E-state index contributed by atoms with van der Waals surface area (Å²) >= 11 is 0. The molecule has 21 heavy (non-hydrogen) atoms. The molecule has 1 aromatic rings. The lowest BCUT2D eigenvalue weighted by molar-refractivity contribution is -0.171. The van der Waals surface area contributed by atoms with Crippen LogP contribution in [0.1, 0.15) is 38.1 Å². The fraction of sp³-hybridized carbons (Fsp3) is 0.533. The van der Waals surface area contributed by atoms with E-state index in [0.29, 0.717) is 0 Å². The van der Waals surface area contributed by atoms with Crippen molar-refractivity contribution in [2.75, 3.05) is 13.1 Å². The molecule has 1 aromatic carbocycles. The lowest BCUT2D eigenvalue weighted by atomic mass is 9.98. The normalized spacial score (nSPS) is 20.4. The largest absolute Gasteiger partial charge is 0.366 e. The van der Waals surface area contributed by atoms with Crippen molar-refractivity contribution < 1.29 is 22.7 Å². The van der Waals surface area contributed by atoms with E-state index in [1.165, 1.54) is 4.90 Å². The van der Waals surface area contributed by atoms with Gasteiger partial charge < -0.3 is 9.64 Å². The number of amides is 1. The van der Waals surface area contributed by atoms with Gasteiger partial charge >= 0.3 is 0 Å². The van der Waals surface area contributed by atoms with E-state index in [-0.39, 0.29) is 18.7 Å². The number of morpholine rings is 1. The molecule has 0 N–H and O–H groups in total. The Morgan fingerprint density at radius 2 is 1.48 bits per heavy atom. The van der Waals surface area contributed by atoms with Crippen LogP contribution in [0.15, 0.2) is 12.1 Å². The lowest BCUT2D eigenvalue weighted by Gasteiger charge is -2.47. The molecule has 1 aliphatic rings. The number of carbonyl (C=O) groups is 1. The number of hydrogen-bond acceptors (Lipinski definition) is 2. The van der Waals surface area contributed by atoms with Crippen LogP contribution in [0.2, 0.25) is 0 Å². The van der Waals surface area contributed by atoms with Crippen LogP contribution >= 0.6 is 0 Å². The molecule has 116 valence electrons. The van der Waals surface area contributed by atoms with Crippen molar-refractivity contribution in [2.24, 2.45) is 0 Å². The monoisotopic (exact) mass is 301 g/mol. The highest BCUT2D eigenvalue weighted by Gasteiger charge is 2.40. The van der Waals surface area contributed by atoms with Crippen LogP contribution in [0.5, 0.6) is 0 Å². The minimum atomic E-state index is -1.57. The third-order valence-electron chi connectivity index (χ3n) is 3.21. The summed E-state index contributed by atoms with van der Waals surface area (Å²) in [5.74, 6) is -4.86. The highest BCUT2D eigenvalue weighted by atomic mass is 19.2. The quantitative estimate of drug-likeness (QED) is 0.746. The zero-order chi connectivity index (χ0) is 16.0. The lowest BCUT2D eigenvalue weighted by Crippen LogP contribution is -2.58. The van der Waals surface area contributed by atoms with E-state index in [9.17, 15) is 18.0 Å². The molecule has 1 heterocycles. The second kappa shape index (κ2) is 5.02. The van der Waals surface area contributed by atoms with E-state index in [1.807, 2.05) is 27.7 Å². The van der Waals surface area contributed by atoms with Crippen molar-refractivity contribution in [3.63, 3.8) is 0 Å². The van der Waals surface area contributed by atoms with Gasteiger partial charge in [0.25, 0.3) is 5.91 Å². The summed E-state index contributed by atoms with van der Waals surface area (Å²) in [4.78, 5) is 13.9. The highest BCUT2D eigenvalue weighted by Crippen LogP contribution is 2.29. The summed E-state index contributed by atoms with van der Waals surface area (Å²) in [6.45, 7) is 7.91. The summed E-state index contributed by atoms with van der Waals surface area (Å²) in [7, 11) is 0. The molecule has 0 aromatic heterocycles. The van der Waals surface area contributed by atoms with Gasteiger partial charge in [-0.3, -0.25) is 4.79 Å². The molecule has 0 atom stereocenters. The molecule has 1 aliphatic heterocycles. The fourth-order valence-corrected chi connectivity index (χ4v) is 2.79. The first-order chi connectivity index (χ1) is 9.51. The molecule has 0 aliphatic carbocycles. The minimum Gasteiger partial charge on any atom is -0.366 e. The maximum absolute atomic E-state index is 13.3. The summed E-state index contributed by atoms with van der Waals surface area (Å²) in [6, 6.07) is 1.44. The SMILES string of the molecule is CC1(C)CN(C(=O)c2cc(F)c(F)c(F)c2)CC(C)(C)O1. The average molecular weight is 301 g/mol. The van der Waals surface area contributed by atoms with Gasteiger partial charge in [0, 0.05) is 18.7 Å². The predicted molar refractivity (Wildman–Crippen MR) is 71.5 cm³/mol. The molecular weight excluding hydrogens is 283 g/mol. The Hall–Kier alpha value is -1.56. The molecule has 3 nitrogen and oxygen atoms in total. The van der Waals surface area contributed by atoms with E-state index in [1.54, 1.807) is 0 Å². The van der Waals surface area contributed by atoms with E-state index >= 15 is 0 Å². The number of nitrogens with zero attached hydrogens (tertiary/aromatic N) is 1. The molecule has 0 unspecified atom stereocenters. The average Bonchev–Trinajstić information content (AvgIpc) is 2.30. The summed E-state index contributed by atoms with van der Waals surface area (Å²) in [6.07, 6.45) is 0. The van der Waals surface area contributed by atoms with E-state index in [0.717, 1.165) is 12.1 Å². The first-order valence-electron chi connectivity index (χ1n) is 6.65. The molecule has 0 bridgehead atoms. The standard InChI is InChI=1S/C15H18F3NO2/c1-14(2)7-19(8-15(3,4)21-14)13(20)9-5-10(16)12(18)11(17)6-9/h5-6H,7-8H2,1-4H3. The van der Waals surface area contributed by atoms with Crippen molar-refractivity contribution in [1.29, 1.82) is 0 Å². The summed E-state index contributed by atoms with van der Waals surface area (Å²) in [5, 5.41) is 0. The van der Waals surface area contributed by atoms with Crippen LogP contribution in [0, 0.1) is 17.5 Å². The highest BCUT2D eigenvalue weighted by molar-refractivity contribution is 5.94. The molecule has 6 heteroatoms. The second-order valence-electron chi connectivity index (χ2n) is 6.54. The second-order valence-corrected chi connectivity index (χ2v) is 6.54. The van der Waals surface area contributed by atoms with Gasteiger partial charge in [0.2, 0.25) is 0 Å². The maximum atomic E-state index is 13.3. The molecule has 0 saturated carbocycles. The van der Waals surface area contributed by atoms with Crippen molar-refractivity contribution in [3.05, 3.63) is 35.1 Å².